The smallest absolute Gasteiger partial charge is 0.321 e. The largest absolute Gasteiger partial charge is 0.399 e. The van der Waals surface area contributed by atoms with Crippen LogP contribution in [0, 0.1) is 6.92 Å². The van der Waals surface area contributed by atoms with Crippen LogP contribution in [0.2, 0.25) is 0 Å². The molecule has 0 saturated carbocycles. The van der Waals surface area contributed by atoms with Crippen LogP contribution in [0.3, 0.4) is 0 Å². The number of hydrogen-bond donors (Lipinski definition) is 3. The number of nitrogens with zero attached hydrogens (tertiary/aromatic N) is 2. The van der Waals surface area contributed by atoms with Crippen LogP contribution in [0.1, 0.15) is 27.8 Å². The molecule has 6 heteroatoms. The second-order valence-electron chi connectivity index (χ2n) is 10.8. The summed E-state index contributed by atoms with van der Waals surface area (Å²) in [6, 6.07) is 33.7. The Bertz CT molecular complexity index is 1310. The van der Waals surface area contributed by atoms with E-state index in [0.717, 1.165) is 27.8 Å². The van der Waals surface area contributed by atoms with E-state index >= 15 is 0 Å². The number of aliphatic hydroxyl groups excluding tert-OH is 2. The minimum Gasteiger partial charge on any atom is -0.399 e. The van der Waals surface area contributed by atoms with E-state index in [-0.39, 0.29) is 12.6 Å². The van der Waals surface area contributed by atoms with Gasteiger partial charge in [0, 0.05) is 18.8 Å². The predicted molar refractivity (Wildman–Crippen MR) is 158 cm³/mol. The van der Waals surface area contributed by atoms with Crippen LogP contribution in [0.25, 0.3) is 0 Å². The Kier molecular flexibility index (Phi) is 8.48. The van der Waals surface area contributed by atoms with Gasteiger partial charge in [-0.15, -0.1) is 0 Å². The molecule has 4 aromatic rings. The molecule has 0 bridgehead atoms. The second-order valence-corrected chi connectivity index (χ2v) is 10.8. The van der Waals surface area contributed by atoms with Crippen molar-refractivity contribution in [2.45, 2.75) is 57.1 Å². The van der Waals surface area contributed by atoms with Gasteiger partial charge < -0.3 is 25.7 Å². The number of aliphatic hydroxyl groups is 2. The molecule has 0 unspecified atom stereocenters. The summed E-state index contributed by atoms with van der Waals surface area (Å²) >= 11 is 0. The molecule has 1 saturated heterocycles. The summed E-state index contributed by atoms with van der Waals surface area (Å²) in [5.41, 5.74) is 11.6. The molecule has 0 spiro atoms. The van der Waals surface area contributed by atoms with Crippen molar-refractivity contribution >= 4 is 11.7 Å². The first-order valence-electron chi connectivity index (χ1n) is 13.8. The van der Waals surface area contributed by atoms with Gasteiger partial charge in [-0.25, -0.2) is 4.79 Å². The van der Waals surface area contributed by atoms with Crippen molar-refractivity contribution in [1.82, 2.24) is 9.80 Å². The molecule has 1 heterocycles. The number of benzene rings is 4. The average molecular weight is 536 g/mol. The fourth-order valence-corrected chi connectivity index (χ4v) is 5.71. The molecule has 4 aromatic carbocycles. The number of rotatable bonds is 8. The van der Waals surface area contributed by atoms with E-state index in [1.807, 2.05) is 110 Å². The van der Waals surface area contributed by atoms with E-state index in [2.05, 4.69) is 6.07 Å². The number of aryl methyl sites for hydroxylation is 1. The molecule has 4 atom stereocenters. The number of anilines is 1. The molecule has 0 radical (unpaired) electrons. The zero-order chi connectivity index (χ0) is 28.1. The van der Waals surface area contributed by atoms with Crippen LogP contribution in [0.5, 0.6) is 0 Å². The second kappa shape index (κ2) is 12.4. The summed E-state index contributed by atoms with van der Waals surface area (Å²) in [5.74, 6) is 0. The minimum atomic E-state index is -1.17. The number of amides is 2. The summed E-state index contributed by atoms with van der Waals surface area (Å²) in [7, 11) is 0. The number of hydrogen-bond acceptors (Lipinski definition) is 4. The fourth-order valence-electron chi connectivity index (χ4n) is 5.71. The van der Waals surface area contributed by atoms with Crippen LogP contribution in [-0.2, 0) is 25.9 Å². The van der Waals surface area contributed by atoms with Gasteiger partial charge in [0.2, 0.25) is 0 Å². The van der Waals surface area contributed by atoms with Gasteiger partial charge in [-0.05, 0) is 54.2 Å². The molecule has 40 heavy (non-hydrogen) atoms. The third-order valence-electron chi connectivity index (χ3n) is 7.75. The molecule has 2 amide bonds. The molecule has 1 aliphatic heterocycles. The lowest BCUT2D eigenvalue weighted by Crippen LogP contribution is -2.50. The first-order valence-corrected chi connectivity index (χ1v) is 13.8. The van der Waals surface area contributed by atoms with Crippen LogP contribution in [-0.4, -0.2) is 50.3 Å². The normalized spacial score (nSPS) is 21.3. The van der Waals surface area contributed by atoms with Gasteiger partial charge in [0.05, 0.1) is 12.1 Å². The number of nitrogen functional groups attached to an aromatic ring is 1. The maximum atomic E-state index is 14.6. The average Bonchev–Trinajstić information content (AvgIpc) is 3.02. The topological polar surface area (TPSA) is 90.0 Å². The summed E-state index contributed by atoms with van der Waals surface area (Å²) in [6.45, 7) is 2.59. The summed E-state index contributed by atoms with van der Waals surface area (Å²) in [5, 5.41) is 23.6. The van der Waals surface area contributed by atoms with Crippen molar-refractivity contribution in [2.75, 3.05) is 5.73 Å². The Balaban J connectivity index is 1.59. The number of nitrogens with two attached hydrogens (primary N) is 1. The Morgan fingerprint density at radius 3 is 1.55 bits per heavy atom. The highest BCUT2D eigenvalue weighted by molar-refractivity contribution is 5.76. The van der Waals surface area contributed by atoms with Gasteiger partial charge in [-0.3, -0.25) is 0 Å². The van der Waals surface area contributed by atoms with E-state index in [1.165, 1.54) is 0 Å². The van der Waals surface area contributed by atoms with Gasteiger partial charge in [-0.1, -0.05) is 103 Å². The fraction of sp³-hybridized carbons (Fsp3) is 0.265. The molecule has 0 aromatic heterocycles. The van der Waals surface area contributed by atoms with E-state index in [1.54, 1.807) is 9.80 Å². The van der Waals surface area contributed by atoms with E-state index < -0.39 is 24.3 Å². The zero-order valence-electron chi connectivity index (χ0n) is 22.8. The Hall–Kier alpha value is -4.13. The third kappa shape index (κ3) is 6.36. The molecule has 206 valence electrons. The first kappa shape index (κ1) is 27.4. The lowest BCUT2D eigenvalue weighted by atomic mass is 9.91. The number of urea groups is 1. The van der Waals surface area contributed by atoms with Crippen molar-refractivity contribution in [2.24, 2.45) is 0 Å². The zero-order valence-corrected chi connectivity index (χ0v) is 22.8. The third-order valence-corrected chi connectivity index (χ3v) is 7.75. The lowest BCUT2D eigenvalue weighted by molar-refractivity contribution is -0.0408. The van der Waals surface area contributed by atoms with Gasteiger partial charge in [0.1, 0.15) is 12.2 Å². The molecule has 0 aliphatic carbocycles. The van der Waals surface area contributed by atoms with E-state index in [4.69, 9.17) is 5.73 Å². The molecule has 6 nitrogen and oxygen atoms in total. The van der Waals surface area contributed by atoms with Crippen LogP contribution >= 0.6 is 0 Å². The van der Waals surface area contributed by atoms with Gasteiger partial charge in [-0.2, -0.15) is 0 Å². The van der Waals surface area contributed by atoms with Gasteiger partial charge >= 0.3 is 6.03 Å². The predicted octanol–water partition coefficient (Wildman–Crippen LogP) is 4.96. The Morgan fingerprint density at radius 2 is 1.07 bits per heavy atom. The molecular weight excluding hydrogens is 498 g/mol. The van der Waals surface area contributed by atoms with Crippen LogP contribution in [0.4, 0.5) is 10.5 Å². The highest BCUT2D eigenvalue weighted by Crippen LogP contribution is 2.30. The highest BCUT2D eigenvalue weighted by Gasteiger charge is 2.46. The minimum absolute atomic E-state index is 0.221. The van der Waals surface area contributed by atoms with Crippen molar-refractivity contribution in [3.63, 3.8) is 0 Å². The monoisotopic (exact) mass is 535 g/mol. The van der Waals surface area contributed by atoms with E-state index in [9.17, 15) is 15.0 Å². The lowest BCUT2D eigenvalue weighted by Gasteiger charge is -2.36. The maximum Gasteiger partial charge on any atom is 0.321 e. The van der Waals surface area contributed by atoms with Crippen molar-refractivity contribution in [3.8, 4) is 0 Å². The SMILES string of the molecule is Cc1cccc(CN2C(=O)N(Cc3cccc(N)c3)[C@H](Cc3ccccc3)[C@H](O)[C@@H](O)[C@H]2Cc2ccccc2)c1. The summed E-state index contributed by atoms with van der Waals surface area (Å²) in [4.78, 5) is 18.1. The number of carbonyl (C=O) groups excluding carboxylic acids is 1. The highest BCUT2D eigenvalue weighted by atomic mass is 16.3. The van der Waals surface area contributed by atoms with Crippen LogP contribution in [0.15, 0.2) is 109 Å². The van der Waals surface area contributed by atoms with Crippen molar-refractivity contribution < 1.29 is 15.0 Å². The maximum absolute atomic E-state index is 14.6. The molecule has 4 N–H and O–H groups in total. The first-order chi connectivity index (χ1) is 19.4. The van der Waals surface area contributed by atoms with Gasteiger partial charge in [0.25, 0.3) is 0 Å². The van der Waals surface area contributed by atoms with E-state index in [0.29, 0.717) is 25.1 Å². The quantitative estimate of drug-likeness (QED) is 0.278. The Labute approximate surface area is 236 Å². The summed E-state index contributed by atoms with van der Waals surface area (Å²) < 4.78 is 0. The van der Waals surface area contributed by atoms with Crippen molar-refractivity contribution in [3.05, 3.63) is 137 Å². The molecular formula is C34H37N3O3. The van der Waals surface area contributed by atoms with Crippen molar-refractivity contribution in [1.29, 1.82) is 0 Å². The van der Waals surface area contributed by atoms with Gasteiger partial charge in [0.15, 0.2) is 0 Å². The molecule has 5 rings (SSSR count). The number of carbonyl (C=O) groups is 1. The molecule has 1 fully saturated rings. The Morgan fingerprint density at radius 1 is 0.625 bits per heavy atom. The summed E-state index contributed by atoms with van der Waals surface area (Å²) in [6.07, 6.45) is -1.50. The van der Waals surface area contributed by atoms with Crippen LogP contribution < -0.4 is 5.73 Å². The standard InChI is InChI=1S/C34H37N3O3/c1-24-10-8-15-27(18-24)22-36-30(20-25-11-4-2-5-12-25)32(38)33(39)31(21-26-13-6-3-7-14-26)37(34(36)40)23-28-16-9-17-29(35)19-28/h2-19,30-33,38-39H,20-23,35H2,1H3/t30-,31-,32+,33+/m1/s1. The molecule has 1 aliphatic rings.